The van der Waals surface area contributed by atoms with Crippen LogP contribution < -0.4 is 4.72 Å². The fourth-order valence-electron chi connectivity index (χ4n) is 1.14. The standard InChI is InChI=1S/C9H14N2O3S/c1-8(9-4-2-3-5-10-9)11-15(13,14)7-6-12/h2-5,8,11-12H,6-7H2,1H3. The van der Waals surface area contributed by atoms with Gasteiger partial charge in [0.2, 0.25) is 10.0 Å². The van der Waals surface area contributed by atoms with Gasteiger partial charge in [0.15, 0.2) is 0 Å². The van der Waals surface area contributed by atoms with Gasteiger partial charge in [-0.05, 0) is 19.1 Å². The minimum atomic E-state index is -3.42. The van der Waals surface area contributed by atoms with E-state index in [0.717, 1.165) is 0 Å². The van der Waals surface area contributed by atoms with Gasteiger partial charge in [0.25, 0.3) is 0 Å². The van der Waals surface area contributed by atoms with E-state index in [-0.39, 0.29) is 18.4 Å². The number of aliphatic hydroxyl groups excluding tert-OH is 1. The van der Waals surface area contributed by atoms with Crippen LogP contribution in [-0.4, -0.2) is 30.9 Å². The van der Waals surface area contributed by atoms with Crippen molar-refractivity contribution in [1.29, 1.82) is 0 Å². The molecule has 5 nitrogen and oxygen atoms in total. The van der Waals surface area contributed by atoms with E-state index < -0.39 is 10.0 Å². The summed E-state index contributed by atoms with van der Waals surface area (Å²) >= 11 is 0. The van der Waals surface area contributed by atoms with Crippen LogP contribution in [0.5, 0.6) is 0 Å². The number of sulfonamides is 1. The summed E-state index contributed by atoms with van der Waals surface area (Å²) in [6.45, 7) is 1.32. The van der Waals surface area contributed by atoms with E-state index in [9.17, 15) is 8.42 Å². The number of hydrogen-bond donors (Lipinski definition) is 2. The molecule has 1 unspecified atom stereocenters. The average molecular weight is 230 g/mol. The number of nitrogens with zero attached hydrogens (tertiary/aromatic N) is 1. The molecule has 6 heteroatoms. The molecule has 1 aromatic heterocycles. The Bertz CT molecular complexity index is 391. The summed E-state index contributed by atoms with van der Waals surface area (Å²) in [6, 6.07) is 4.91. The second-order valence-electron chi connectivity index (χ2n) is 3.14. The average Bonchev–Trinajstić information content (AvgIpc) is 2.18. The molecule has 0 aromatic carbocycles. The van der Waals surface area contributed by atoms with Crippen molar-refractivity contribution < 1.29 is 13.5 Å². The zero-order valence-corrected chi connectivity index (χ0v) is 9.24. The van der Waals surface area contributed by atoms with Crippen molar-refractivity contribution in [2.75, 3.05) is 12.4 Å². The van der Waals surface area contributed by atoms with E-state index in [1.54, 1.807) is 31.3 Å². The predicted molar refractivity (Wildman–Crippen MR) is 56.7 cm³/mol. The number of aliphatic hydroxyl groups is 1. The smallest absolute Gasteiger partial charge is 0.214 e. The Balaban J connectivity index is 2.68. The quantitative estimate of drug-likeness (QED) is 0.749. The van der Waals surface area contributed by atoms with E-state index in [1.807, 2.05) is 0 Å². The fraction of sp³-hybridized carbons (Fsp3) is 0.444. The second-order valence-corrected chi connectivity index (χ2v) is 5.01. The molecule has 0 spiro atoms. The van der Waals surface area contributed by atoms with Crippen LogP contribution in [0.25, 0.3) is 0 Å². The maximum absolute atomic E-state index is 11.3. The van der Waals surface area contributed by atoms with Gasteiger partial charge in [-0.25, -0.2) is 13.1 Å². The SMILES string of the molecule is CC(NS(=O)(=O)CCO)c1ccccn1. The molecule has 0 aliphatic carbocycles. The van der Waals surface area contributed by atoms with E-state index in [1.165, 1.54) is 0 Å². The summed E-state index contributed by atoms with van der Waals surface area (Å²) in [7, 11) is -3.42. The minimum Gasteiger partial charge on any atom is -0.395 e. The molecule has 15 heavy (non-hydrogen) atoms. The molecule has 0 aliphatic heterocycles. The van der Waals surface area contributed by atoms with Gasteiger partial charge in [-0.1, -0.05) is 6.07 Å². The van der Waals surface area contributed by atoms with Gasteiger partial charge in [0, 0.05) is 6.20 Å². The maximum Gasteiger partial charge on any atom is 0.214 e. The number of nitrogens with one attached hydrogen (secondary N) is 1. The Labute approximate surface area is 89.2 Å². The Hall–Kier alpha value is -0.980. The molecule has 0 bridgehead atoms. The highest BCUT2D eigenvalue weighted by Crippen LogP contribution is 2.09. The van der Waals surface area contributed by atoms with Gasteiger partial charge >= 0.3 is 0 Å². The first-order valence-corrected chi connectivity index (χ1v) is 6.22. The summed E-state index contributed by atoms with van der Waals surface area (Å²) < 4.78 is 25.1. The third-order valence-electron chi connectivity index (χ3n) is 1.85. The third-order valence-corrected chi connectivity index (χ3v) is 3.28. The molecule has 0 saturated carbocycles. The van der Waals surface area contributed by atoms with Crippen molar-refractivity contribution in [1.82, 2.24) is 9.71 Å². The fourth-order valence-corrected chi connectivity index (χ4v) is 2.16. The molecule has 0 fully saturated rings. The van der Waals surface area contributed by atoms with E-state index in [4.69, 9.17) is 5.11 Å². The summed E-state index contributed by atoms with van der Waals surface area (Å²) in [5, 5.41) is 8.55. The maximum atomic E-state index is 11.3. The minimum absolute atomic E-state index is 0.288. The Morgan fingerprint density at radius 2 is 2.27 bits per heavy atom. The van der Waals surface area contributed by atoms with Crippen LogP contribution in [0.15, 0.2) is 24.4 Å². The van der Waals surface area contributed by atoms with Crippen molar-refractivity contribution in [2.24, 2.45) is 0 Å². The lowest BCUT2D eigenvalue weighted by Gasteiger charge is -2.12. The Morgan fingerprint density at radius 3 is 2.80 bits per heavy atom. The first kappa shape index (κ1) is 12.1. The lowest BCUT2D eigenvalue weighted by molar-refractivity contribution is 0.319. The molecule has 0 saturated heterocycles. The first-order valence-electron chi connectivity index (χ1n) is 4.57. The molecule has 1 rings (SSSR count). The predicted octanol–water partition coefficient (Wildman–Crippen LogP) is 0.0543. The molecule has 0 aliphatic rings. The molecular weight excluding hydrogens is 216 g/mol. The largest absolute Gasteiger partial charge is 0.395 e. The zero-order chi connectivity index (χ0) is 11.3. The third kappa shape index (κ3) is 3.94. The Kier molecular flexibility index (Phi) is 4.19. The lowest BCUT2D eigenvalue weighted by Crippen LogP contribution is -2.30. The highest BCUT2D eigenvalue weighted by molar-refractivity contribution is 7.89. The van der Waals surface area contributed by atoms with E-state index in [0.29, 0.717) is 5.69 Å². The van der Waals surface area contributed by atoms with Crippen LogP contribution >= 0.6 is 0 Å². The van der Waals surface area contributed by atoms with Crippen molar-refractivity contribution in [3.63, 3.8) is 0 Å². The number of pyridine rings is 1. The number of aromatic nitrogens is 1. The molecule has 0 radical (unpaired) electrons. The summed E-state index contributed by atoms with van der Waals surface area (Å²) in [5.74, 6) is -0.288. The molecule has 0 amide bonds. The summed E-state index contributed by atoms with van der Waals surface area (Å²) in [6.07, 6.45) is 1.60. The van der Waals surface area contributed by atoms with Gasteiger partial charge in [0.1, 0.15) is 0 Å². The highest BCUT2D eigenvalue weighted by Gasteiger charge is 2.15. The molecule has 1 atom stereocenters. The van der Waals surface area contributed by atoms with Gasteiger partial charge in [-0.2, -0.15) is 0 Å². The van der Waals surface area contributed by atoms with Crippen LogP contribution in [0, 0.1) is 0 Å². The summed E-state index contributed by atoms with van der Waals surface area (Å²) in [5.41, 5.74) is 0.652. The number of rotatable bonds is 5. The van der Waals surface area contributed by atoms with Crippen molar-refractivity contribution in [3.8, 4) is 0 Å². The van der Waals surface area contributed by atoms with E-state index in [2.05, 4.69) is 9.71 Å². The van der Waals surface area contributed by atoms with Crippen LogP contribution in [-0.2, 0) is 10.0 Å². The van der Waals surface area contributed by atoms with Crippen molar-refractivity contribution in [3.05, 3.63) is 30.1 Å². The monoisotopic (exact) mass is 230 g/mol. The Morgan fingerprint density at radius 1 is 1.53 bits per heavy atom. The topological polar surface area (TPSA) is 79.3 Å². The van der Waals surface area contributed by atoms with Crippen LogP contribution in [0.2, 0.25) is 0 Å². The summed E-state index contributed by atoms with van der Waals surface area (Å²) in [4.78, 5) is 4.03. The normalized spacial score (nSPS) is 13.7. The second kappa shape index (κ2) is 5.20. The van der Waals surface area contributed by atoms with Gasteiger partial charge < -0.3 is 5.11 Å². The van der Waals surface area contributed by atoms with Crippen LogP contribution in [0.3, 0.4) is 0 Å². The van der Waals surface area contributed by atoms with Crippen molar-refractivity contribution in [2.45, 2.75) is 13.0 Å². The molecular formula is C9H14N2O3S. The van der Waals surface area contributed by atoms with Crippen LogP contribution in [0.4, 0.5) is 0 Å². The van der Waals surface area contributed by atoms with Gasteiger partial charge in [-0.15, -0.1) is 0 Å². The molecule has 1 aromatic rings. The van der Waals surface area contributed by atoms with Crippen molar-refractivity contribution >= 4 is 10.0 Å². The first-order chi connectivity index (χ1) is 7.05. The van der Waals surface area contributed by atoms with E-state index >= 15 is 0 Å². The zero-order valence-electron chi connectivity index (χ0n) is 8.42. The highest BCUT2D eigenvalue weighted by atomic mass is 32.2. The van der Waals surface area contributed by atoms with Gasteiger partial charge in [-0.3, -0.25) is 4.98 Å². The molecule has 84 valence electrons. The molecule has 1 heterocycles. The van der Waals surface area contributed by atoms with Gasteiger partial charge in [0.05, 0.1) is 24.1 Å². The lowest BCUT2D eigenvalue weighted by atomic mass is 10.2. The molecule has 2 N–H and O–H groups in total. The number of hydrogen-bond acceptors (Lipinski definition) is 4. The van der Waals surface area contributed by atoms with Crippen LogP contribution in [0.1, 0.15) is 18.7 Å².